The largest absolute Gasteiger partial charge is 0.497 e. The third-order valence-electron chi connectivity index (χ3n) is 5.82. The number of hydrogen-bond acceptors (Lipinski definition) is 9. The first-order chi connectivity index (χ1) is 16.5. The molecule has 1 aliphatic heterocycles. The Morgan fingerprint density at radius 3 is 2.59 bits per heavy atom. The van der Waals surface area contributed by atoms with E-state index in [4.69, 9.17) is 14.2 Å². The maximum atomic E-state index is 13.0. The number of hydrogen-bond donors (Lipinski definition) is 3. The summed E-state index contributed by atoms with van der Waals surface area (Å²) in [4.78, 5) is 24.0. The standard InChI is InChI=1S/C23H29N7O4/c1-14-11-24-12-18(30(14)2)21-22(26-6-5-25-21)23(31)27-19-10-20(29-28-19)34-13-15-7-16(32-3)9-17(8-15)33-4/h5-10,14,18,24H,11-13H2,1-4H3,(H2,27,28,29,31). The van der Waals surface area contributed by atoms with Gasteiger partial charge in [0.05, 0.1) is 26.0 Å². The number of aromatic nitrogens is 4. The fraction of sp³-hybridized carbons (Fsp3) is 0.391. The number of carbonyl (C=O) groups is 1. The van der Waals surface area contributed by atoms with E-state index >= 15 is 0 Å². The average molecular weight is 468 g/mol. The van der Waals surface area contributed by atoms with Gasteiger partial charge in [-0.25, -0.2) is 4.98 Å². The van der Waals surface area contributed by atoms with E-state index in [2.05, 4.69) is 42.6 Å². The Hall–Kier alpha value is -3.70. The molecule has 3 aromatic rings. The second-order valence-electron chi connectivity index (χ2n) is 8.06. The second kappa shape index (κ2) is 10.5. The van der Waals surface area contributed by atoms with Crippen molar-refractivity contribution in [3.63, 3.8) is 0 Å². The van der Waals surface area contributed by atoms with Gasteiger partial charge in [0.15, 0.2) is 5.69 Å². The van der Waals surface area contributed by atoms with Crippen LogP contribution in [0.5, 0.6) is 17.4 Å². The summed E-state index contributed by atoms with van der Waals surface area (Å²) in [6.07, 6.45) is 3.12. The van der Waals surface area contributed by atoms with E-state index in [1.807, 2.05) is 19.2 Å². The second-order valence-corrected chi connectivity index (χ2v) is 8.06. The molecule has 2 unspecified atom stereocenters. The number of nitrogens with zero attached hydrogens (tertiary/aromatic N) is 4. The van der Waals surface area contributed by atoms with E-state index in [9.17, 15) is 4.79 Å². The highest BCUT2D eigenvalue weighted by Crippen LogP contribution is 2.25. The minimum atomic E-state index is -0.373. The Balaban J connectivity index is 1.43. The Bertz CT molecular complexity index is 1110. The van der Waals surface area contributed by atoms with E-state index in [1.54, 1.807) is 32.5 Å². The van der Waals surface area contributed by atoms with Crippen LogP contribution >= 0.6 is 0 Å². The van der Waals surface area contributed by atoms with E-state index in [0.29, 0.717) is 41.5 Å². The van der Waals surface area contributed by atoms with Crippen molar-refractivity contribution in [3.8, 4) is 17.4 Å². The molecule has 0 saturated carbocycles. The molecule has 2 aromatic heterocycles. The smallest absolute Gasteiger partial charge is 0.277 e. The van der Waals surface area contributed by atoms with Gasteiger partial charge in [-0.2, -0.15) is 0 Å². The molecular weight excluding hydrogens is 438 g/mol. The molecule has 1 saturated heterocycles. The minimum Gasteiger partial charge on any atom is -0.497 e. The zero-order chi connectivity index (χ0) is 24.1. The summed E-state index contributed by atoms with van der Waals surface area (Å²) in [5.74, 6) is 1.69. The monoisotopic (exact) mass is 467 g/mol. The number of benzene rings is 1. The van der Waals surface area contributed by atoms with Crippen molar-refractivity contribution in [3.05, 3.63) is 53.6 Å². The Kier molecular flexibility index (Phi) is 7.24. The number of rotatable bonds is 8. The fourth-order valence-corrected chi connectivity index (χ4v) is 3.81. The van der Waals surface area contributed by atoms with Crippen LogP contribution in [0.1, 0.15) is 34.7 Å². The summed E-state index contributed by atoms with van der Waals surface area (Å²) in [7, 11) is 5.21. The quantitative estimate of drug-likeness (QED) is 0.456. The van der Waals surface area contributed by atoms with E-state index in [0.717, 1.165) is 12.1 Å². The number of amides is 1. The SMILES string of the molecule is COc1cc(COc2cc(NC(=O)c3nccnc3C3CNCC(C)N3C)[nH]n2)cc(OC)c1. The van der Waals surface area contributed by atoms with Crippen LogP contribution in [-0.2, 0) is 6.61 Å². The normalized spacial score (nSPS) is 18.4. The fourth-order valence-electron chi connectivity index (χ4n) is 3.81. The number of H-pyrrole nitrogens is 1. The van der Waals surface area contributed by atoms with Gasteiger partial charge in [0.25, 0.3) is 5.91 Å². The van der Waals surface area contributed by atoms with Crippen molar-refractivity contribution in [2.45, 2.75) is 25.6 Å². The predicted octanol–water partition coefficient (Wildman–Crippen LogP) is 2.01. The minimum absolute atomic E-state index is 0.0567. The Morgan fingerprint density at radius 2 is 1.85 bits per heavy atom. The van der Waals surface area contributed by atoms with Crippen molar-refractivity contribution in [2.24, 2.45) is 0 Å². The first-order valence-corrected chi connectivity index (χ1v) is 10.9. The summed E-state index contributed by atoms with van der Waals surface area (Å²) in [5, 5.41) is 13.1. The van der Waals surface area contributed by atoms with Gasteiger partial charge in [-0.05, 0) is 31.7 Å². The molecule has 1 amide bonds. The summed E-state index contributed by atoms with van der Waals surface area (Å²) in [5.41, 5.74) is 1.76. The van der Waals surface area contributed by atoms with Crippen molar-refractivity contribution in [2.75, 3.05) is 39.7 Å². The summed E-state index contributed by atoms with van der Waals surface area (Å²) < 4.78 is 16.3. The third kappa shape index (κ3) is 5.26. The van der Waals surface area contributed by atoms with Crippen LogP contribution in [0.25, 0.3) is 0 Å². The number of aromatic amines is 1. The molecule has 180 valence electrons. The number of nitrogens with one attached hydrogen (secondary N) is 3. The third-order valence-corrected chi connectivity index (χ3v) is 5.82. The van der Waals surface area contributed by atoms with Gasteiger partial charge in [-0.3, -0.25) is 19.8 Å². The van der Waals surface area contributed by atoms with Gasteiger partial charge >= 0.3 is 0 Å². The topological polar surface area (TPSA) is 127 Å². The number of piperazine rings is 1. The molecule has 3 N–H and O–H groups in total. The van der Waals surface area contributed by atoms with E-state index < -0.39 is 0 Å². The molecular formula is C23H29N7O4. The number of anilines is 1. The van der Waals surface area contributed by atoms with Crippen LogP contribution in [-0.4, -0.2) is 71.4 Å². The summed E-state index contributed by atoms with van der Waals surface area (Å²) in [6.45, 7) is 3.95. The van der Waals surface area contributed by atoms with Crippen LogP contribution in [0, 0.1) is 0 Å². The first kappa shape index (κ1) is 23.5. The van der Waals surface area contributed by atoms with Gasteiger partial charge in [-0.15, -0.1) is 5.10 Å². The molecule has 0 spiro atoms. The molecule has 4 rings (SSSR count). The number of carbonyl (C=O) groups excluding carboxylic acids is 1. The molecule has 34 heavy (non-hydrogen) atoms. The molecule has 11 nitrogen and oxygen atoms in total. The number of methoxy groups -OCH3 is 2. The molecule has 0 aliphatic carbocycles. The van der Waals surface area contributed by atoms with Crippen molar-refractivity contribution >= 4 is 11.7 Å². The van der Waals surface area contributed by atoms with Gasteiger partial charge in [-0.1, -0.05) is 0 Å². The lowest BCUT2D eigenvalue weighted by atomic mass is 10.0. The van der Waals surface area contributed by atoms with Gasteiger partial charge in [0.1, 0.15) is 23.9 Å². The Labute approximate surface area is 197 Å². The molecule has 0 bridgehead atoms. The van der Waals surface area contributed by atoms with Crippen LogP contribution < -0.4 is 24.8 Å². The van der Waals surface area contributed by atoms with Crippen molar-refractivity contribution < 1.29 is 19.0 Å². The molecule has 2 atom stereocenters. The maximum Gasteiger partial charge on any atom is 0.277 e. The zero-order valence-corrected chi connectivity index (χ0v) is 19.7. The molecule has 1 aromatic carbocycles. The molecule has 0 radical (unpaired) electrons. The van der Waals surface area contributed by atoms with Gasteiger partial charge in [0, 0.05) is 43.7 Å². The van der Waals surface area contributed by atoms with Gasteiger partial charge in [0.2, 0.25) is 5.88 Å². The number of likely N-dealkylation sites (N-methyl/N-ethyl adjacent to an activating group) is 1. The molecule has 1 fully saturated rings. The highest BCUT2D eigenvalue weighted by Gasteiger charge is 2.30. The van der Waals surface area contributed by atoms with E-state index in [1.165, 1.54) is 6.20 Å². The Morgan fingerprint density at radius 1 is 1.12 bits per heavy atom. The number of ether oxygens (including phenoxy) is 3. The zero-order valence-electron chi connectivity index (χ0n) is 19.7. The van der Waals surface area contributed by atoms with Crippen LogP contribution in [0.3, 0.4) is 0 Å². The van der Waals surface area contributed by atoms with E-state index in [-0.39, 0.29) is 24.2 Å². The maximum absolute atomic E-state index is 13.0. The molecule has 1 aliphatic rings. The lowest BCUT2D eigenvalue weighted by molar-refractivity contribution is 0.100. The van der Waals surface area contributed by atoms with Gasteiger partial charge < -0.3 is 24.8 Å². The van der Waals surface area contributed by atoms with Crippen LogP contribution in [0.4, 0.5) is 5.82 Å². The first-order valence-electron chi connectivity index (χ1n) is 10.9. The molecule has 11 heteroatoms. The summed E-state index contributed by atoms with van der Waals surface area (Å²) >= 11 is 0. The average Bonchev–Trinajstić information content (AvgIpc) is 3.31. The van der Waals surface area contributed by atoms with Crippen LogP contribution in [0.2, 0.25) is 0 Å². The van der Waals surface area contributed by atoms with Crippen LogP contribution in [0.15, 0.2) is 36.7 Å². The van der Waals surface area contributed by atoms with Crippen molar-refractivity contribution in [1.29, 1.82) is 0 Å². The lowest BCUT2D eigenvalue weighted by Crippen LogP contribution is -2.50. The highest BCUT2D eigenvalue weighted by atomic mass is 16.5. The van der Waals surface area contributed by atoms with Crippen molar-refractivity contribution in [1.82, 2.24) is 30.4 Å². The molecule has 3 heterocycles. The lowest BCUT2D eigenvalue weighted by Gasteiger charge is -2.38. The predicted molar refractivity (Wildman–Crippen MR) is 125 cm³/mol. The highest BCUT2D eigenvalue weighted by molar-refractivity contribution is 6.03. The summed E-state index contributed by atoms with van der Waals surface area (Å²) in [6, 6.07) is 7.36.